The maximum absolute atomic E-state index is 9.61. The summed E-state index contributed by atoms with van der Waals surface area (Å²) in [5.41, 5.74) is 2.13. The summed E-state index contributed by atoms with van der Waals surface area (Å²) in [7, 11) is 0. The van der Waals surface area contributed by atoms with Crippen LogP contribution in [0.1, 0.15) is 6.92 Å². The van der Waals surface area contributed by atoms with E-state index in [1.165, 1.54) is 0 Å². The highest BCUT2D eigenvalue weighted by Gasteiger charge is 2.22. The van der Waals surface area contributed by atoms with Gasteiger partial charge in [-0.05, 0) is 31.2 Å². The monoisotopic (exact) mass is 307 g/mol. The second-order valence-electron chi connectivity index (χ2n) is 5.24. The summed E-state index contributed by atoms with van der Waals surface area (Å²) in [6, 6.07) is 14.8. The molecule has 1 N–H and O–H groups in total. The molecule has 2 aromatic carbocycles. The number of hydrogen-bond donors (Lipinski definition) is 1. The van der Waals surface area contributed by atoms with Crippen molar-refractivity contribution in [3.8, 4) is 22.8 Å². The first kappa shape index (κ1) is 13.6. The van der Waals surface area contributed by atoms with E-state index in [-0.39, 0.29) is 5.75 Å². The Morgan fingerprint density at radius 2 is 2.00 bits per heavy atom. The quantitative estimate of drug-likeness (QED) is 0.526. The largest absolute Gasteiger partial charge is 0.508 e. The van der Waals surface area contributed by atoms with Crippen LogP contribution in [0.2, 0.25) is 0 Å². The van der Waals surface area contributed by atoms with E-state index in [4.69, 9.17) is 13.6 Å². The maximum Gasteiger partial charge on any atom is 0.367 e. The van der Waals surface area contributed by atoms with E-state index < -0.39 is 0 Å². The molecule has 4 aromatic rings. The fourth-order valence-electron chi connectivity index (χ4n) is 2.70. The van der Waals surface area contributed by atoms with E-state index in [2.05, 4.69) is 0 Å². The summed E-state index contributed by atoms with van der Waals surface area (Å²) in [5.74, 6) is 1.53. The Morgan fingerprint density at radius 3 is 2.83 bits per heavy atom. The molecule has 0 aliphatic heterocycles. The normalized spacial score (nSPS) is 11.2. The van der Waals surface area contributed by atoms with Crippen LogP contribution in [0.15, 0.2) is 63.6 Å². The Morgan fingerprint density at radius 1 is 1.13 bits per heavy atom. The molecule has 2 aromatic heterocycles. The van der Waals surface area contributed by atoms with Crippen molar-refractivity contribution in [3.05, 3.63) is 54.8 Å². The summed E-state index contributed by atoms with van der Waals surface area (Å²) in [5, 5.41) is 11.4. The van der Waals surface area contributed by atoms with Gasteiger partial charge in [0, 0.05) is 5.39 Å². The minimum atomic E-state index is 0.153. The predicted molar refractivity (Wildman–Crippen MR) is 88.7 cm³/mol. The lowest BCUT2D eigenvalue weighted by Crippen LogP contribution is -1.95. The molecule has 0 saturated heterocycles. The van der Waals surface area contributed by atoms with Crippen molar-refractivity contribution in [1.29, 1.82) is 0 Å². The van der Waals surface area contributed by atoms with Gasteiger partial charge in [0.25, 0.3) is 0 Å². The SMILES string of the molecule is CCOc1c(-c2cc3ccccc3o2)c[o+]c2cc(O)ccc12. The number of ether oxygens (including phenoxy) is 1. The Hall–Kier alpha value is -3.01. The number of aromatic hydroxyl groups is 1. The fraction of sp³-hybridized carbons (Fsp3) is 0.105. The fourth-order valence-corrected chi connectivity index (χ4v) is 2.70. The summed E-state index contributed by atoms with van der Waals surface area (Å²) < 4.78 is 17.4. The van der Waals surface area contributed by atoms with Gasteiger partial charge in [0.1, 0.15) is 22.5 Å². The highest BCUT2D eigenvalue weighted by molar-refractivity contribution is 5.92. The molecule has 0 aliphatic rings. The van der Waals surface area contributed by atoms with Crippen molar-refractivity contribution in [3.63, 3.8) is 0 Å². The molecule has 0 aliphatic carbocycles. The first-order valence-electron chi connectivity index (χ1n) is 7.45. The van der Waals surface area contributed by atoms with Crippen LogP contribution >= 0.6 is 0 Å². The molecule has 0 amide bonds. The van der Waals surface area contributed by atoms with Gasteiger partial charge in [-0.3, -0.25) is 0 Å². The first-order chi connectivity index (χ1) is 11.3. The van der Waals surface area contributed by atoms with Crippen molar-refractivity contribution in [1.82, 2.24) is 0 Å². The van der Waals surface area contributed by atoms with Gasteiger partial charge in [0.15, 0.2) is 11.3 Å². The third-order valence-electron chi connectivity index (χ3n) is 3.74. The Balaban J connectivity index is 1.98. The number of benzene rings is 2. The number of fused-ring (bicyclic) bond motifs is 2. The molecule has 4 rings (SSSR count). The topological polar surface area (TPSA) is 53.9 Å². The van der Waals surface area contributed by atoms with Gasteiger partial charge in [-0.2, -0.15) is 0 Å². The van der Waals surface area contributed by atoms with E-state index >= 15 is 0 Å². The zero-order chi connectivity index (χ0) is 15.8. The van der Waals surface area contributed by atoms with Gasteiger partial charge in [0.05, 0.1) is 12.7 Å². The second kappa shape index (κ2) is 5.32. The van der Waals surface area contributed by atoms with Crippen LogP contribution in [0.4, 0.5) is 0 Å². The van der Waals surface area contributed by atoms with Gasteiger partial charge >= 0.3 is 11.8 Å². The van der Waals surface area contributed by atoms with E-state index in [0.717, 1.165) is 21.9 Å². The average Bonchev–Trinajstić information content (AvgIpc) is 2.98. The van der Waals surface area contributed by atoms with Crippen LogP contribution in [-0.4, -0.2) is 11.7 Å². The molecule has 4 nitrogen and oxygen atoms in total. The highest BCUT2D eigenvalue weighted by atomic mass is 16.5. The zero-order valence-electron chi connectivity index (χ0n) is 12.6. The third-order valence-corrected chi connectivity index (χ3v) is 3.74. The standard InChI is InChI=1S/C19H14O4/c1-2-21-19-14-8-7-13(20)10-17(14)22-11-15(19)18-9-12-5-3-4-6-16(12)23-18/h3-11H,2H2,1H3/p+1. The summed E-state index contributed by atoms with van der Waals surface area (Å²) >= 11 is 0. The highest BCUT2D eigenvalue weighted by Crippen LogP contribution is 2.39. The third kappa shape index (κ3) is 2.28. The molecule has 23 heavy (non-hydrogen) atoms. The van der Waals surface area contributed by atoms with Crippen molar-refractivity contribution in [2.24, 2.45) is 0 Å². The summed E-state index contributed by atoms with van der Waals surface area (Å²) in [6.45, 7) is 2.45. The van der Waals surface area contributed by atoms with Gasteiger partial charge in [0.2, 0.25) is 0 Å². The summed E-state index contributed by atoms with van der Waals surface area (Å²) in [6.07, 6.45) is 1.60. The molecule has 0 atom stereocenters. The van der Waals surface area contributed by atoms with Gasteiger partial charge in [-0.1, -0.05) is 18.2 Å². The molecular formula is C19H15O4+. The minimum Gasteiger partial charge on any atom is -0.508 e. The van der Waals surface area contributed by atoms with Crippen LogP contribution in [0.5, 0.6) is 11.5 Å². The van der Waals surface area contributed by atoms with Crippen molar-refractivity contribution in [2.75, 3.05) is 6.61 Å². The first-order valence-corrected chi connectivity index (χ1v) is 7.45. The molecule has 0 unspecified atom stereocenters. The molecule has 2 heterocycles. The van der Waals surface area contributed by atoms with Crippen LogP contribution < -0.4 is 4.74 Å². The van der Waals surface area contributed by atoms with Gasteiger partial charge in [-0.25, -0.2) is 4.42 Å². The minimum absolute atomic E-state index is 0.153. The predicted octanol–water partition coefficient (Wildman–Crippen LogP) is 5.23. The smallest absolute Gasteiger partial charge is 0.367 e. The summed E-state index contributed by atoms with van der Waals surface area (Å²) in [4.78, 5) is 0. The van der Waals surface area contributed by atoms with Crippen molar-refractivity contribution < 1.29 is 18.7 Å². The Labute approximate surface area is 132 Å². The zero-order valence-corrected chi connectivity index (χ0v) is 12.6. The van der Waals surface area contributed by atoms with E-state index in [1.807, 2.05) is 37.3 Å². The molecule has 4 heteroatoms. The maximum atomic E-state index is 9.61. The number of furan rings is 1. The second-order valence-corrected chi connectivity index (χ2v) is 5.24. The van der Waals surface area contributed by atoms with Crippen molar-refractivity contribution in [2.45, 2.75) is 6.92 Å². The number of para-hydroxylation sites is 1. The number of phenolic OH excluding ortho intramolecular Hbond substituents is 1. The molecule has 0 saturated carbocycles. The van der Waals surface area contributed by atoms with Gasteiger partial charge < -0.3 is 14.3 Å². The molecule has 114 valence electrons. The van der Waals surface area contributed by atoms with E-state index in [9.17, 15) is 5.11 Å². The number of phenols is 1. The van der Waals surface area contributed by atoms with Crippen LogP contribution in [0.25, 0.3) is 33.3 Å². The molecule has 0 bridgehead atoms. The number of rotatable bonds is 3. The van der Waals surface area contributed by atoms with E-state index in [0.29, 0.717) is 23.7 Å². The van der Waals surface area contributed by atoms with E-state index in [1.54, 1.807) is 24.5 Å². The lowest BCUT2D eigenvalue weighted by atomic mass is 10.1. The lowest BCUT2D eigenvalue weighted by Gasteiger charge is -2.06. The molecule has 0 fully saturated rings. The van der Waals surface area contributed by atoms with Crippen molar-refractivity contribution >= 4 is 21.9 Å². The van der Waals surface area contributed by atoms with Gasteiger partial charge in [-0.15, -0.1) is 0 Å². The Kier molecular flexibility index (Phi) is 3.15. The Bertz CT molecular complexity index is 968. The number of hydrogen-bond acceptors (Lipinski definition) is 3. The van der Waals surface area contributed by atoms with Crippen LogP contribution in [0, 0.1) is 0 Å². The van der Waals surface area contributed by atoms with Crippen LogP contribution in [0.3, 0.4) is 0 Å². The lowest BCUT2D eigenvalue weighted by molar-refractivity contribution is 0.342. The molecule has 0 radical (unpaired) electrons. The average molecular weight is 307 g/mol. The van der Waals surface area contributed by atoms with Crippen LogP contribution in [-0.2, 0) is 0 Å². The molecular weight excluding hydrogens is 292 g/mol. The molecule has 0 spiro atoms.